The van der Waals surface area contributed by atoms with Gasteiger partial charge in [-0.2, -0.15) is 21.6 Å². The van der Waals surface area contributed by atoms with Gasteiger partial charge in [-0.1, -0.05) is 37.6 Å². The molecular formula is C26H28ClF3N2O6S. The Morgan fingerprint density at radius 2 is 1.64 bits per heavy atom. The average molecular weight is 589 g/mol. The number of rotatable bonds is 6. The van der Waals surface area contributed by atoms with E-state index < -0.39 is 38.6 Å². The fourth-order valence-corrected chi connectivity index (χ4v) is 4.42. The van der Waals surface area contributed by atoms with Crippen molar-refractivity contribution in [3.63, 3.8) is 0 Å². The number of carbonyl (C=O) groups excluding carboxylic acids is 1. The molecule has 3 aromatic rings. The summed E-state index contributed by atoms with van der Waals surface area (Å²) in [7, 11) is -4.58. The number of carbonyl (C=O) groups is 1. The van der Waals surface area contributed by atoms with E-state index in [4.69, 9.17) is 16.3 Å². The topological polar surface area (TPSA) is 94.9 Å². The number of hydrogen-bond acceptors (Lipinski definition) is 6. The highest BCUT2D eigenvalue weighted by Gasteiger charge is 2.48. The minimum atomic E-state index is -5.98. The third-order valence-corrected chi connectivity index (χ3v) is 6.60. The van der Waals surface area contributed by atoms with Crippen molar-refractivity contribution in [3.8, 4) is 16.9 Å². The molecule has 0 saturated heterocycles. The van der Waals surface area contributed by atoms with Gasteiger partial charge in [-0.25, -0.2) is 4.79 Å². The van der Waals surface area contributed by atoms with Crippen LogP contribution in [0, 0.1) is 5.92 Å². The summed E-state index contributed by atoms with van der Waals surface area (Å²) in [5.74, 6) is -0.626. The van der Waals surface area contributed by atoms with Crippen LogP contribution in [0.5, 0.6) is 5.75 Å². The molecule has 0 spiro atoms. The molecule has 0 unspecified atom stereocenters. The Balaban J connectivity index is 2.46. The smallest absolute Gasteiger partial charge is 0.443 e. The number of hydrogen-bond donors (Lipinski definition) is 0. The van der Waals surface area contributed by atoms with Crippen LogP contribution in [0.1, 0.15) is 34.6 Å². The fourth-order valence-electron chi connectivity index (χ4n) is 3.84. The number of nitrogens with zero attached hydrogens (tertiary/aromatic N) is 2. The predicted molar refractivity (Wildman–Crippen MR) is 144 cm³/mol. The zero-order valence-corrected chi connectivity index (χ0v) is 23.7. The molecule has 0 aliphatic heterocycles. The molecule has 0 fully saturated rings. The third-order valence-electron chi connectivity index (χ3n) is 5.37. The van der Waals surface area contributed by atoms with Gasteiger partial charge in [0.1, 0.15) is 17.2 Å². The monoisotopic (exact) mass is 588 g/mol. The molecule has 13 heteroatoms. The maximum Gasteiger partial charge on any atom is 0.534 e. The van der Waals surface area contributed by atoms with E-state index in [-0.39, 0.29) is 34.6 Å². The van der Waals surface area contributed by atoms with Crippen LogP contribution in [-0.2, 0) is 21.4 Å². The first kappa shape index (κ1) is 30.3. The van der Waals surface area contributed by atoms with Gasteiger partial charge < -0.3 is 8.92 Å². The molecule has 39 heavy (non-hydrogen) atoms. The number of aromatic nitrogens is 1. The Kier molecular flexibility index (Phi) is 8.33. The van der Waals surface area contributed by atoms with Gasteiger partial charge >= 0.3 is 21.7 Å². The summed E-state index contributed by atoms with van der Waals surface area (Å²) < 4.78 is 73.7. The van der Waals surface area contributed by atoms with E-state index in [0.29, 0.717) is 10.6 Å². The van der Waals surface area contributed by atoms with Crippen LogP contribution in [0.3, 0.4) is 0 Å². The van der Waals surface area contributed by atoms with E-state index >= 15 is 0 Å². The highest BCUT2D eigenvalue weighted by molar-refractivity contribution is 7.88. The number of amides is 1. The van der Waals surface area contributed by atoms with Crippen molar-refractivity contribution in [3.05, 3.63) is 57.8 Å². The van der Waals surface area contributed by atoms with Crippen LogP contribution < -0.4 is 14.6 Å². The second kappa shape index (κ2) is 10.7. The van der Waals surface area contributed by atoms with Gasteiger partial charge in [-0.15, -0.1) is 0 Å². The van der Waals surface area contributed by atoms with Crippen LogP contribution in [-0.4, -0.2) is 37.2 Å². The van der Waals surface area contributed by atoms with Gasteiger partial charge in [-0.05, 0) is 62.6 Å². The number of pyridine rings is 1. The highest BCUT2D eigenvalue weighted by Crippen LogP contribution is 2.39. The maximum atomic E-state index is 13.7. The van der Waals surface area contributed by atoms with Crippen LogP contribution >= 0.6 is 11.6 Å². The van der Waals surface area contributed by atoms with Crippen LogP contribution in [0.2, 0.25) is 5.02 Å². The zero-order valence-electron chi connectivity index (χ0n) is 22.1. The summed E-state index contributed by atoms with van der Waals surface area (Å²) >= 11 is 6.08. The molecule has 212 valence electrons. The minimum absolute atomic E-state index is 0.0523. The number of anilines is 1. The number of alkyl halides is 3. The van der Waals surface area contributed by atoms with Crippen molar-refractivity contribution in [1.82, 2.24) is 4.57 Å². The average Bonchev–Trinajstić information content (AvgIpc) is 2.78. The first-order chi connectivity index (χ1) is 17.8. The molecule has 0 bridgehead atoms. The molecule has 0 N–H and O–H groups in total. The second-order valence-electron chi connectivity index (χ2n) is 10.2. The summed E-state index contributed by atoms with van der Waals surface area (Å²) in [5, 5.41) is 0.516. The molecule has 0 atom stereocenters. The normalized spacial score (nSPS) is 12.6. The lowest BCUT2D eigenvalue weighted by atomic mass is 9.98. The predicted octanol–water partition coefficient (Wildman–Crippen LogP) is 6.58. The largest absolute Gasteiger partial charge is 0.534 e. The summed E-state index contributed by atoms with van der Waals surface area (Å²) in [5.41, 5.74) is -6.39. The van der Waals surface area contributed by atoms with E-state index in [0.717, 1.165) is 17.0 Å². The molecule has 8 nitrogen and oxygen atoms in total. The Bertz CT molecular complexity index is 1560. The van der Waals surface area contributed by atoms with Crippen LogP contribution in [0.25, 0.3) is 21.9 Å². The standard InChI is InChI=1S/C26H28ClF3N2O6S/c1-15(2)14-32-22(31(6)24(34)37-25(3,4)5)21(16-7-9-17(27)10-8-16)20-13-18(11-12-19(20)23(32)33)38-39(35,36)26(28,29)30/h7-13,15H,14H2,1-6H3. The van der Waals surface area contributed by atoms with E-state index in [1.807, 2.05) is 13.8 Å². The molecule has 3 rings (SSSR count). The third kappa shape index (κ3) is 6.67. The van der Waals surface area contributed by atoms with Gasteiger partial charge in [0.25, 0.3) is 5.56 Å². The quantitative estimate of drug-likeness (QED) is 0.238. The van der Waals surface area contributed by atoms with E-state index in [9.17, 15) is 31.2 Å². The number of ether oxygens (including phenoxy) is 1. The molecular weight excluding hydrogens is 561 g/mol. The lowest BCUT2D eigenvalue weighted by Gasteiger charge is -2.29. The summed E-state index contributed by atoms with van der Waals surface area (Å²) in [6.07, 6.45) is -0.791. The van der Waals surface area contributed by atoms with Crippen LogP contribution in [0.4, 0.5) is 23.8 Å². The van der Waals surface area contributed by atoms with Gasteiger partial charge in [0.2, 0.25) is 0 Å². The molecule has 1 amide bonds. The Morgan fingerprint density at radius 1 is 1.05 bits per heavy atom. The van der Waals surface area contributed by atoms with Crippen LogP contribution in [0.15, 0.2) is 47.3 Å². The van der Waals surface area contributed by atoms with Crippen molar-refractivity contribution in [1.29, 1.82) is 0 Å². The minimum Gasteiger partial charge on any atom is -0.443 e. The summed E-state index contributed by atoms with van der Waals surface area (Å²) in [6.45, 7) is 8.93. The number of fused-ring (bicyclic) bond motifs is 1. The number of benzene rings is 2. The fraction of sp³-hybridized carbons (Fsp3) is 0.385. The van der Waals surface area contributed by atoms with Crippen molar-refractivity contribution < 1.29 is 35.3 Å². The highest BCUT2D eigenvalue weighted by atomic mass is 35.5. The molecule has 0 aliphatic carbocycles. The van der Waals surface area contributed by atoms with E-state index in [1.165, 1.54) is 17.7 Å². The number of halogens is 4. The Hall–Kier alpha value is -3.25. The molecule has 2 aromatic carbocycles. The molecule has 0 aliphatic rings. The molecule has 0 radical (unpaired) electrons. The summed E-state index contributed by atoms with van der Waals surface area (Å²) in [4.78, 5) is 28.0. The first-order valence-corrected chi connectivity index (χ1v) is 13.5. The van der Waals surface area contributed by atoms with Crippen molar-refractivity contribution in [2.75, 3.05) is 11.9 Å². The first-order valence-electron chi connectivity index (χ1n) is 11.8. The molecule has 0 saturated carbocycles. The van der Waals surface area contributed by atoms with Gasteiger partial charge in [0.05, 0.1) is 0 Å². The lowest BCUT2D eigenvalue weighted by Crippen LogP contribution is -2.38. The van der Waals surface area contributed by atoms with Gasteiger partial charge in [0, 0.05) is 35.0 Å². The SMILES string of the molecule is CC(C)Cn1c(N(C)C(=O)OC(C)(C)C)c(-c2ccc(Cl)cc2)c2cc(OS(=O)(=O)C(F)(F)F)ccc2c1=O. The Morgan fingerprint density at radius 3 is 2.15 bits per heavy atom. The van der Waals surface area contributed by atoms with Gasteiger partial charge in [0.15, 0.2) is 0 Å². The molecule has 1 aromatic heterocycles. The zero-order chi connectivity index (χ0) is 29.5. The van der Waals surface area contributed by atoms with Crippen molar-refractivity contribution in [2.45, 2.75) is 52.3 Å². The maximum absolute atomic E-state index is 13.7. The second-order valence-corrected chi connectivity index (χ2v) is 12.2. The van der Waals surface area contributed by atoms with E-state index in [1.54, 1.807) is 45.0 Å². The molecule has 1 heterocycles. The van der Waals surface area contributed by atoms with Crippen molar-refractivity contribution in [2.24, 2.45) is 5.92 Å². The summed E-state index contributed by atoms with van der Waals surface area (Å²) in [6, 6.07) is 9.51. The Labute approximate surface area is 229 Å². The lowest BCUT2D eigenvalue weighted by molar-refractivity contribution is -0.0500. The van der Waals surface area contributed by atoms with Crippen molar-refractivity contribution >= 4 is 44.4 Å². The van der Waals surface area contributed by atoms with E-state index in [2.05, 4.69) is 4.18 Å². The van der Waals surface area contributed by atoms with Gasteiger partial charge in [-0.3, -0.25) is 14.3 Å².